The molecule has 0 saturated carbocycles. The molecule has 6 rings (SSSR count). The van der Waals surface area contributed by atoms with Crippen molar-refractivity contribution in [3.05, 3.63) is 71.2 Å². The average Bonchev–Trinajstić information content (AvgIpc) is 3.61. The maximum absolute atomic E-state index is 15.3. The van der Waals surface area contributed by atoms with Gasteiger partial charge < -0.3 is 20.7 Å². The second-order valence-corrected chi connectivity index (χ2v) is 12.3. The Labute approximate surface area is 278 Å². The minimum Gasteiger partial charge on any atom is -0.755 e. The summed E-state index contributed by atoms with van der Waals surface area (Å²) in [6.07, 6.45) is 3.72. The molecule has 1 saturated heterocycles. The highest BCUT2D eigenvalue weighted by Crippen LogP contribution is 2.38. The highest BCUT2D eigenvalue weighted by atomic mass is 32.2. The Morgan fingerprint density at radius 2 is 1.94 bits per heavy atom. The van der Waals surface area contributed by atoms with Crippen LogP contribution in [0, 0.1) is 5.82 Å². The highest BCUT2D eigenvalue weighted by Gasteiger charge is 2.31. The van der Waals surface area contributed by atoms with E-state index in [1.165, 1.54) is 27.3 Å². The summed E-state index contributed by atoms with van der Waals surface area (Å²) in [7, 11) is 1.60. The number of benzene rings is 3. The Morgan fingerprint density at radius 1 is 1.16 bits per heavy atom. The first-order valence-electron chi connectivity index (χ1n) is 14.8. The van der Waals surface area contributed by atoms with Crippen molar-refractivity contribution in [2.24, 2.45) is 12.8 Å². The van der Waals surface area contributed by atoms with Crippen LogP contribution < -0.4 is 26.4 Å². The number of amides is 4. The fraction of sp³-hybridized carbons (Fsp3) is 0.226. The Hall–Kier alpha value is -5.88. The average molecular weight is 692 g/mol. The van der Waals surface area contributed by atoms with Crippen molar-refractivity contribution >= 4 is 68.1 Å². The molecule has 3 aromatic carbocycles. The summed E-state index contributed by atoms with van der Waals surface area (Å²) >= 11 is -3.10. The predicted molar refractivity (Wildman–Crippen MR) is 174 cm³/mol. The van der Waals surface area contributed by atoms with E-state index < -0.39 is 58.8 Å². The standard InChI is InChI=1S/C31H29FN8O8S/c1-37-23-11-16(2-5-21(23)40(31(37)46)22-6-7-26(43)36-30(22)45)18-13-34-38(14-18)9-8-27(44)35-19-3-4-20-17(10-19)12-24(41)29(28(20)32)39(49(47)48)15-25(33)42/h2-5,10-14,22,41H,6-9,15H2,1H3,(H2,33,42)(H,35,44)(H,47,48)(H,36,43,45)/p-1. The zero-order chi connectivity index (χ0) is 35.1. The van der Waals surface area contributed by atoms with Gasteiger partial charge in [-0.25, -0.2) is 9.18 Å². The monoisotopic (exact) mass is 691 g/mol. The predicted octanol–water partition coefficient (Wildman–Crippen LogP) is 1.29. The van der Waals surface area contributed by atoms with Crippen LogP contribution in [0.2, 0.25) is 0 Å². The molecule has 1 fully saturated rings. The van der Waals surface area contributed by atoms with Crippen LogP contribution in [0.5, 0.6) is 5.75 Å². The molecule has 2 atom stereocenters. The van der Waals surface area contributed by atoms with Gasteiger partial charge >= 0.3 is 5.69 Å². The molecule has 254 valence electrons. The maximum atomic E-state index is 15.3. The first-order valence-corrected chi connectivity index (χ1v) is 15.8. The van der Waals surface area contributed by atoms with Crippen LogP contribution in [-0.4, -0.2) is 63.0 Å². The van der Waals surface area contributed by atoms with E-state index in [9.17, 15) is 37.8 Å². The second kappa shape index (κ2) is 13.0. The van der Waals surface area contributed by atoms with Crippen LogP contribution in [0.15, 0.2) is 59.7 Å². The number of halogens is 1. The van der Waals surface area contributed by atoms with E-state index in [0.29, 0.717) is 15.3 Å². The molecule has 1 aliphatic heterocycles. The molecule has 2 aromatic heterocycles. The third-order valence-electron chi connectivity index (χ3n) is 8.19. The molecule has 2 unspecified atom stereocenters. The van der Waals surface area contributed by atoms with Gasteiger partial charge in [0.15, 0.2) is 5.82 Å². The largest absolute Gasteiger partial charge is 0.755 e. The Balaban J connectivity index is 1.14. The number of nitrogens with zero attached hydrogens (tertiary/aromatic N) is 5. The van der Waals surface area contributed by atoms with Crippen molar-refractivity contribution in [2.75, 3.05) is 16.2 Å². The molecule has 0 bridgehead atoms. The lowest BCUT2D eigenvalue weighted by molar-refractivity contribution is -0.135. The second-order valence-electron chi connectivity index (χ2n) is 11.4. The number of aryl methyl sites for hydroxylation is 2. The number of carbonyl (C=O) groups is 4. The Morgan fingerprint density at radius 3 is 2.65 bits per heavy atom. The Bertz CT molecular complexity index is 2280. The highest BCUT2D eigenvalue weighted by molar-refractivity contribution is 7.80. The topological polar surface area (TPSA) is 227 Å². The third kappa shape index (κ3) is 6.38. The zero-order valence-corrected chi connectivity index (χ0v) is 26.5. The summed E-state index contributed by atoms with van der Waals surface area (Å²) in [5, 5.41) is 19.8. The number of phenolic OH excluding ortho intramolecular Hbond substituents is 1. The lowest BCUT2D eigenvalue weighted by Gasteiger charge is -2.26. The number of rotatable bonds is 10. The van der Waals surface area contributed by atoms with E-state index in [0.717, 1.165) is 17.2 Å². The summed E-state index contributed by atoms with van der Waals surface area (Å²) < 4.78 is 43.1. The number of imide groups is 1. The molecule has 16 nitrogen and oxygen atoms in total. The molecular weight excluding hydrogens is 663 g/mol. The quantitative estimate of drug-likeness (QED) is 0.122. The van der Waals surface area contributed by atoms with E-state index in [-0.39, 0.29) is 53.9 Å². The molecule has 1 aliphatic rings. The number of hydrogen-bond acceptors (Lipinski definition) is 9. The van der Waals surface area contributed by atoms with Gasteiger partial charge in [0.1, 0.15) is 24.0 Å². The number of fused-ring (bicyclic) bond motifs is 2. The number of nitrogens with one attached hydrogen (secondary N) is 2. The molecule has 0 radical (unpaired) electrons. The number of imidazole rings is 1. The lowest BCUT2D eigenvalue weighted by atomic mass is 10.1. The smallest absolute Gasteiger partial charge is 0.329 e. The molecule has 4 amide bonds. The van der Waals surface area contributed by atoms with E-state index in [2.05, 4.69) is 15.7 Å². The van der Waals surface area contributed by atoms with Gasteiger partial charge in [-0.1, -0.05) is 6.07 Å². The van der Waals surface area contributed by atoms with Gasteiger partial charge in [-0.2, -0.15) is 5.10 Å². The molecule has 0 spiro atoms. The van der Waals surface area contributed by atoms with Gasteiger partial charge in [-0.05, 0) is 53.8 Å². The van der Waals surface area contributed by atoms with Gasteiger partial charge in [-0.15, -0.1) is 0 Å². The number of primary amides is 1. The molecule has 3 heterocycles. The lowest BCUT2D eigenvalue weighted by Crippen LogP contribution is -2.44. The molecular formula is C31H28FN8O8S-. The van der Waals surface area contributed by atoms with E-state index in [1.807, 2.05) is 0 Å². The third-order valence-corrected chi connectivity index (χ3v) is 8.86. The first-order chi connectivity index (χ1) is 23.3. The normalized spacial score (nSPS) is 15.4. The molecule has 0 aliphatic carbocycles. The van der Waals surface area contributed by atoms with E-state index in [4.69, 9.17) is 5.73 Å². The number of phenols is 1. The fourth-order valence-electron chi connectivity index (χ4n) is 5.85. The first kappa shape index (κ1) is 33.0. The van der Waals surface area contributed by atoms with Crippen LogP contribution in [0.1, 0.15) is 25.3 Å². The minimum atomic E-state index is -3.10. The van der Waals surface area contributed by atoms with Crippen LogP contribution in [-0.2, 0) is 44.0 Å². The van der Waals surface area contributed by atoms with Crippen molar-refractivity contribution in [1.29, 1.82) is 0 Å². The van der Waals surface area contributed by atoms with Crippen LogP contribution >= 0.6 is 0 Å². The van der Waals surface area contributed by atoms with Crippen LogP contribution in [0.3, 0.4) is 0 Å². The molecule has 5 aromatic rings. The number of piperidine rings is 1. The summed E-state index contributed by atoms with van der Waals surface area (Å²) in [5.74, 6) is -4.18. The zero-order valence-electron chi connectivity index (χ0n) is 25.7. The number of carbonyl (C=O) groups excluding carboxylic acids is 4. The SMILES string of the molecule is Cn1c(=O)n(C2CCC(=O)NC2=O)c2ccc(-c3cnn(CCC(=O)Nc4ccc5c(F)c(N(CC(N)=O)S(=O)[O-])c(O)cc5c4)c3)cc21. The van der Waals surface area contributed by atoms with Crippen molar-refractivity contribution in [3.8, 4) is 16.9 Å². The number of hydrogen-bond donors (Lipinski definition) is 4. The van der Waals surface area contributed by atoms with E-state index >= 15 is 4.39 Å². The van der Waals surface area contributed by atoms with Crippen LogP contribution in [0.25, 0.3) is 32.9 Å². The van der Waals surface area contributed by atoms with Gasteiger partial charge in [0.25, 0.3) is 0 Å². The molecule has 5 N–H and O–H groups in total. The number of aromatic hydroxyl groups is 1. The van der Waals surface area contributed by atoms with Gasteiger partial charge in [0, 0.05) is 60.5 Å². The summed E-state index contributed by atoms with van der Waals surface area (Å²) in [4.78, 5) is 61.2. The maximum Gasteiger partial charge on any atom is 0.329 e. The van der Waals surface area contributed by atoms with Gasteiger partial charge in [0.2, 0.25) is 23.6 Å². The number of anilines is 2. The van der Waals surface area contributed by atoms with Crippen molar-refractivity contribution in [3.63, 3.8) is 0 Å². The van der Waals surface area contributed by atoms with Crippen molar-refractivity contribution in [2.45, 2.75) is 31.8 Å². The Kier molecular flexibility index (Phi) is 8.74. The van der Waals surface area contributed by atoms with Crippen LogP contribution in [0.4, 0.5) is 15.8 Å². The summed E-state index contributed by atoms with van der Waals surface area (Å²) in [5.41, 5.74) is 6.83. The molecule has 18 heteroatoms. The van der Waals surface area contributed by atoms with E-state index in [1.54, 1.807) is 42.3 Å². The van der Waals surface area contributed by atoms with Gasteiger partial charge in [-0.3, -0.25) is 46.8 Å². The number of aromatic nitrogens is 4. The van der Waals surface area contributed by atoms with Crippen molar-refractivity contribution < 1.29 is 37.4 Å². The fourth-order valence-corrected chi connectivity index (χ4v) is 6.40. The number of nitrogens with two attached hydrogens (primary N) is 1. The minimum absolute atomic E-state index is 0.0113. The van der Waals surface area contributed by atoms with Crippen molar-refractivity contribution in [1.82, 2.24) is 24.2 Å². The summed E-state index contributed by atoms with van der Waals surface area (Å²) in [6.45, 7) is -0.679. The van der Waals surface area contributed by atoms with Gasteiger partial charge in [0.05, 0.1) is 17.2 Å². The summed E-state index contributed by atoms with van der Waals surface area (Å²) in [6, 6.07) is 9.72. The molecule has 49 heavy (non-hydrogen) atoms.